The maximum absolute atomic E-state index is 13.1. The Kier molecular flexibility index (Phi) is 5.61. The van der Waals surface area contributed by atoms with Crippen LogP contribution in [0.3, 0.4) is 0 Å². The van der Waals surface area contributed by atoms with E-state index in [1.807, 2.05) is 6.92 Å². The van der Waals surface area contributed by atoms with Crippen molar-refractivity contribution >= 4 is 36.7 Å². The molecule has 1 aliphatic rings. The molecule has 0 spiro atoms. The molecule has 3 aromatic rings. The predicted molar refractivity (Wildman–Crippen MR) is 105 cm³/mol. The van der Waals surface area contributed by atoms with Gasteiger partial charge in [-0.05, 0) is 31.2 Å². The van der Waals surface area contributed by atoms with Gasteiger partial charge in [-0.25, -0.2) is 0 Å². The van der Waals surface area contributed by atoms with E-state index in [-0.39, 0.29) is 43.2 Å². The summed E-state index contributed by atoms with van der Waals surface area (Å²) in [4.78, 5) is 26.6. The number of alkyl halides is 3. The van der Waals surface area contributed by atoms with Crippen molar-refractivity contribution in [2.75, 3.05) is 16.8 Å². The topological polar surface area (TPSA) is 93.3 Å². The number of carbonyl (C=O) groups excluding carboxylic acids is 2. The standard InChI is InChI=1S/C18H14F3N5O3.H2S/c1-10-9-25(12-4-2-11(3-5-12)18(19,20)21)17(28)15-13(8-22-26(10)15)24-16(27)14-6-7-23-29-14;/h2-8,10H,9H2,1H3,(H,24,27);1H2/t10-;/m0./s1. The summed E-state index contributed by atoms with van der Waals surface area (Å²) in [7, 11) is 0. The summed E-state index contributed by atoms with van der Waals surface area (Å²) in [5, 5.41) is 10.2. The third kappa shape index (κ3) is 3.77. The highest BCUT2D eigenvalue weighted by atomic mass is 32.1. The van der Waals surface area contributed by atoms with Crippen molar-refractivity contribution in [3.05, 3.63) is 59.7 Å². The van der Waals surface area contributed by atoms with E-state index < -0.39 is 23.6 Å². The average Bonchev–Trinajstić information content (AvgIpc) is 3.34. The zero-order chi connectivity index (χ0) is 20.8. The van der Waals surface area contributed by atoms with Crippen molar-refractivity contribution in [2.45, 2.75) is 19.1 Å². The molecular weight excluding hydrogens is 423 g/mol. The van der Waals surface area contributed by atoms with Crippen LogP contribution in [0.25, 0.3) is 0 Å². The van der Waals surface area contributed by atoms with Crippen molar-refractivity contribution in [3.63, 3.8) is 0 Å². The van der Waals surface area contributed by atoms with E-state index in [1.54, 1.807) is 0 Å². The molecule has 1 aromatic carbocycles. The Bertz CT molecular complexity index is 1060. The van der Waals surface area contributed by atoms with Crippen LogP contribution in [0.15, 0.2) is 47.2 Å². The fourth-order valence-electron chi connectivity index (χ4n) is 3.12. The summed E-state index contributed by atoms with van der Waals surface area (Å²) >= 11 is 0. The van der Waals surface area contributed by atoms with E-state index in [2.05, 4.69) is 15.6 Å². The van der Waals surface area contributed by atoms with Gasteiger partial charge in [-0.15, -0.1) is 0 Å². The highest BCUT2D eigenvalue weighted by Crippen LogP contribution is 2.33. The van der Waals surface area contributed by atoms with Gasteiger partial charge in [0.1, 0.15) is 0 Å². The van der Waals surface area contributed by atoms with Gasteiger partial charge in [0.05, 0.1) is 29.7 Å². The van der Waals surface area contributed by atoms with E-state index >= 15 is 0 Å². The smallest absolute Gasteiger partial charge is 0.351 e. The van der Waals surface area contributed by atoms with Crippen molar-refractivity contribution in [2.24, 2.45) is 0 Å². The first-order valence-electron chi connectivity index (χ1n) is 8.54. The fourth-order valence-corrected chi connectivity index (χ4v) is 3.12. The first kappa shape index (κ1) is 21.4. The molecule has 0 radical (unpaired) electrons. The number of rotatable bonds is 3. The van der Waals surface area contributed by atoms with E-state index in [0.717, 1.165) is 12.1 Å². The Hall–Kier alpha value is -3.28. The van der Waals surface area contributed by atoms with Gasteiger partial charge in [-0.1, -0.05) is 5.16 Å². The van der Waals surface area contributed by atoms with Crippen LogP contribution in [-0.4, -0.2) is 33.3 Å². The second-order valence-electron chi connectivity index (χ2n) is 6.49. The van der Waals surface area contributed by atoms with E-state index in [9.17, 15) is 22.8 Å². The molecule has 0 fully saturated rings. The highest BCUT2D eigenvalue weighted by Gasteiger charge is 2.35. The lowest BCUT2D eigenvalue weighted by atomic mass is 10.1. The van der Waals surface area contributed by atoms with Gasteiger partial charge in [0.25, 0.3) is 11.8 Å². The van der Waals surface area contributed by atoms with E-state index in [4.69, 9.17) is 4.52 Å². The SMILES string of the molecule is C[C@H]1CN(c2ccc(C(F)(F)F)cc2)C(=O)c2c(NC(=O)c3ccno3)cnn21.S. The molecule has 2 aromatic heterocycles. The summed E-state index contributed by atoms with van der Waals surface area (Å²) in [6.07, 6.45) is -1.81. The molecular formula is C18H16F3N5O3S. The van der Waals surface area contributed by atoms with Crippen LogP contribution in [0.1, 0.15) is 39.6 Å². The van der Waals surface area contributed by atoms with Gasteiger partial charge in [-0.2, -0.15) is 31.8 Å². The molecule has 0 aliphatic carbocycles. The number of aromatic nitrogens is 3. The number of fused-ring (bicyclic) bond motifs is 1. The Labute approximate surface area is 175 Å². The average molecular weight is 439 g/mol. The van der Waals surface area contributed by atoms with Gasteiger partial charge >= 0.3 is 6.18 Å². The van der Waals surface area contributed by atoms with Crippen LogP contribution in [0, 0.1) is 0 Å². The van der Waals surface area contributed by atoms with Crippen LogP contribution in [0.2, 0.25) is 0 Å². The molecule has 12 heteroatoms. The lowest BCUT2D eigenvalue weighted by Crippen LogP contribution is -2.43. The van der Waals surface area contributed by atoms with Gasteiger partial charge in [0.15, 0.2) is 5.69 Å². The molecule has 3 heterocycles. The number of benzene rings is 1. The Morgan fingerprint density at radius 2 is 1.93 bits per heavy atom. The Morgan fingerprint density at radius 3 is 2.53 bits per heavy atom. The summed E-state index contributed by atoms with van der Waals surface area (Å²) in [6.45, 7) is 2.02. The third-order valence-electron chi connectivity index (χ3n) is 4.52. The number of hydrogen-bond donors (Lipinski definition) is 1. The summed E-state index contributed by atoms with van der Waals surface area (Å²) in [6, 6.07) is 5.43. The Balaban J connectivity index is 0.00000256. The molecule has 0 saturated carbocycles. The number of nitrogens with one attached hydrogen (secondary N) is 1. The number of anilines is 2. The maximum atomic E-state index is 13.1. The molecule has 0 unspecified atom stereocenters. The van der Waals surface area contributed by atoms with E-state index in [1.165, 1.54) is 40.2 Å². The van der Waals surface area contributed by atoms with Crippen LogP contribution in [-0.2, 0) is 6.18 Å². The molecule has 2 amide bonds. The lowest BCUT2D eigenvalue weighted by molar-refractivity contribution is -0.137. The number of halogens is 3. The highest BCUT2D eigenvalue weighted by molar-refractivity contribution is 7.59. The lowest BCUT2D eigenvalue weighted by Gasteiger charge is -2.32. The zero-order valence-corrected chi connectivity index (χ0v) is 16.5. The molecule has 30 heavy (non-hydrogen) atoms. The maximum Gasteiger partial charge on any atom is 0.416 e. The largest absolute Gasteiger partial charge is 0.416 e. The number of carbonyl (C=O) groups is 2. The van der Waals surface area contributed by atoms with Gasteiger partial charge in [0.2, 0.25) is 5.76 Å². The van der Waals surface area contributed by atoms with Crippen LogP contribution in [0.4, 0.5) is 24.5 Å². The second kappa shape index (κ2) is 7.86. The predicted octanol–water partition coefficient (Wildman–Crippen LogP) is 3.48. The van der Waals surface area contributed by atoms with Crippen LogP contribution >= 0.6 is 13.5 Å². The van der Waals surface area contributed by atoms with Gasteiger partial charge < -0.3 is 14.7 Å². The molecule has 1 aliphatic heterocycles. The molecule has 158 valence electrons. The second-order valence-corrected chi connectivity index (χ2v) is 6.49. The van der Waals surface area contributed by atoms with Crippen LogP contribution < -0.4 is 10.2 Å². The van der Waals surface area contributed by atoms with Gasteiger partial charge in [0, 0.05) is 18.3 Å². The monoisotopic (exact) mass is 439 g/mol. The molecule has 1 atom stereocenters. The van der Waals surface area contributed by atoms with Crippen molar-refractivity contribution in [3.8, 4) is 0 Å². The number of nitrogens with zero attached hydrogens (tertiary/aromatic N) is 4. The van der Waals surface area contributed by atoms with Gasteiger partial charge in [-0.3, -0.25) is 14.3 Å². The minimum Gasteiger partial charge on any atom is -0.351 e. The summed E-state index contributed by atoms with van der Waals surface area (Å²) < 4.78 is 44.7. The minimum atomic E-state index is -4.46. The summed E-state index contributed by atoms with van der Waals surface area (Å²) in [5.74, 6) is -1.14. The summed E-state index contributed by atoms with van der Waals surface area (Å²) in [5.41, 5.74) is -0.199. The number of hydrogen-bond acceptors (Lipinski definition) is 5. The molecule has 4 rings (SSSR count). The van der Waals surface area contributed by atoms with Crippen molar-refractivity contribution < 1.29 is 27.3 Å². The number of amides is 2. The fraction of sp³-hybridized carbons (Fsp3) is 0.222. The molecule has 1 N–H and O–H groups in total. The third-order valence-corrected chi connectivity index (χ3v) is 4.52. The minimum absolute atomic E-state index is 0. The van der Waals surface area contributed by atoms with Crippen molar-refractivity contribution in [1.29, 1.82) is 0 Å². The Morgan fingerprint density at radius 1 is 1.23 bits per heavy atom. The zero-order valence-electron chi connectivity index (χ0n) is 15.5. The van der Waals surface area contributed by atoms with Crippen molar-refractivity contribution in [1.82, 2.24) is 14.9 Å². The van der Waals surface area contributed by atoms with Crippen LogP contribution in [0.5, 0.6) is 0 Å². The molecule has 0 bridgehead atoms. The molecule has 8 nitrogen and oxygen atoms in total. The first-order valence-corrected chi connectivity index (χ1v) is 8.54. The first-order chi connectivity index (χ1) is 13.8. The normalized spacial score (nSPS) is 16.1. The molecule has 0 saturated heterocycles. The van der Waals surface area contributed by atoms with E-state index in [0.29, 0.717) is 5.69 Å². The quantitative estimate of drug-likeness (QED) is 0.675.